The predicted molar refractivity (Wildman–Crippen MR) is 73.6 cm³/mol. The maximum absolute atomic E-state index is 5.89. The minimum atomic E-state index is 0.449. The summed E-state index contributed by atoms with van der Waals surface area (Å²) in [5.74, 6) is 0. The van der Waals surface area contributed by atoms with Gasteiger partial charge in [-0.2, -0.15) is 0 Å². The van der Waals surface area contributed by atoms with Crippen molar-refractivity contribution in [2.45, 2.75) is 51.2 Å². The number of hydrogen-bond donors (Lipinski definition) is 1. The average molecular weight is 253 g/mol. The molecule has 1 N–H and O–H groups in total. The highest BCUT2D eigenvalue weighted by atomic mass is 32.1. The van der Waals surface area contributed by atoms with Crippen molar-refractivity contribution < 1.29 is 4.74 Å². The van der Waals surface area contributed by atoms with E-state index in [0.29, 0.717) is 12.1 Å². The van der Waals surface area contributed by atoms with Gasteiger partial charge in [0.2, 0.25) is 0 Å². The lowest BCUT2D eigenvalue weighted by Gasteiger charge is -2.22. The Morgan fingerprint density at radius 3 is 2.94 bits per heavy atom. The van der Waals surface area contributed by atoms with Crippen LogP contribution < -0.4 is 5.32 Å². The highest BCUT2D eigenvalue weighted by Crippen LogP contribution is 2.20. The molecule has 0 saturated heterocycles. The van der Waals surface area contributed by atoms with Crippen molar-refractivity contribution >= 4 is 11.3 Å². The van der Waals surface area contributed by atoms with E-state index in [-0.39, 0.29) is 0 Å². The summed E-state index contributed by atoms with van der Waals surface area (Å²) in [4.78, 5) is 1.41. The largest absolute Gasteiger partial charge is 0.377 e. The van der Waals surface area contributed by atoms with Crippen LogP contribution in [0.3, 0.4) is 0 Å². The van der Waals surface area contributed by atoms with Gasteiger partial charge in [-0.15, -0.1) is 11.3 Å². The van der Waals surface area contributed by atoms with Crippen LogP contribution in [-0.4, -0.2) is 19.3 Å². The van der Waals surface area contributed by atoms with E-state index in [1.807, 2.05) is 11.3 Å². The molecule has 0 amide bonds. The molecule has 2 nitrogen and oxygen atoms in total. The van der Waals surface area contributed by atoms with E-state index < -0.39 is 0 Å². The molecule has 17 heavy (non-hydrogen) atoms. The highest BCUT2D eigenvalue weighted by molar-refractivity contribution is 7.10. The quantitative estimate of drug-likeness (QED) is 0.780. The minimum Gasteiger partial charge on any atom is -0.377 e. The van der Waals surface area contributed by atoms with Gasteiger partial charge in [-0.25, -0.2) is 0 Å². The Bertz CT molecular complexity index is 293. The van der Waals surface area contributed by atoms with Crippen molar-refractivity contribution in [3.8, 4) is 0 Å². The highest BCUT2D eigenvalue weighted by Gasteiger charge is 2.13. The van der Waals surface area contributed by atoms with Crippen LogP contribution in [0.2, 0.25) is 0 Å². The van der Waals surface area contributed by atoms with Crippen LogP contribution in [0.5, 0.6) is 0 Å². The first-order chi connectivity index (χ1) is 8.36. The zero-order valence-corrected chi connectivity index (χ0v) is 11.5. The lowest BCUT2D eigenvalue weighted by atomic mass is 9.98. The summed E-state index contributed by atoms with van der Waals surface area (Å²) >= 11 is 1.81. The fourth-order valence-corrected chi connectivity index (χ4v) is 3.13. The molecule has 1 aromatic heterocycles. The molecule has 1 aliphatic carbocycles. The van der Waals surface area contributed by atoms with Crippen molar-refractivity contribution in [2.24, 2.45) is 0 Å². The Kier molecular flexibility index (Phi) is 5.49. The number of rotatable bonds is 6. The molecule has 3 heteroatoms. The van der Waals surface area contributed by atoms with E-state index in [0.717, 1.165) is 13.2 Å². The molecule has 1 aromatic rings. The topological polar surface area (TPSA) is 21.3 Å². The molecule has 96 valence electrons. The molecule has 1 aliphatic rings. The fourth-order valence-electron chi connectivity index (χ4n) is 2.37. The van der Waals surface area contributed by atoms with E-state index in [9.17, 15) is 0 Å². The maximum Gasteiger partial charge on any atom is 0.0594 e. The molecule has 0 radical (unpaired) electrons. The van der Waals surface area contributed by atoms with E-state index in [2.05, 4.69) is 29.8 Å². The first kappa shape index (κ1) is 13.1. The molecule has 0 spiro atoms. The number of hydrogen-bond acceptors (Lipinski definition) is 3. The van der Waals surface area contributed by atoms with Gasteiger partial charge in [0.25, 0.3) is 0 Å². The molecule has 1 atom stereocenters. The Morgan fingerprint density at radius 2 is 2.24 bits per heavy atom. The summed E-state index contributed by atoms with van der Waals surface area (Å²) in [7, 11) is 0. The van der Waals surface area contributed by atoms with Gasteiger partial charge in [0.1, 0.15) is 0 Å². The third-order valence-corrected chi connectivity index (χ3v) is 4.48. The molecule has 0 aliphatic heterocycles. The summed E-state index contributed by atoms with van der Waals surface area (Å²) in [6.07, 6.45) is 7.16. The summed E-state index contributed by atoms with van der Waals surface area (Å²) in [5, 5.41) is 5.64. The minimum absolute atomic E-state index is 0.449. The lowest BCUT2D eigenvalue weighted by Crippen LogP contribution is -2.26. The first-order valence-corrected chi connectivity index (χ1v) is 7.62. The Hall–Kier alpha value is -0.380. The monoisotopic (exact) mass is 253 g/mol. The second-order valence-corrected chi connectivity index (χ2v) is 5.80. The van der Waals surface area contributed by atoms with Gasteiger partial charge >= 0.3 is 0 Å². The number of thiophene rings is 1. The second-order valence-electron chi connectivity index (χ2n) is 4.82. The summed E-state index contributed by atoms with van der Waals surface area (Å²) < 4.78 is 5.89. The van der Waals surface area contributed by atoms with Crippen LogP contribution in [-0.2, 0) is 4.74 Å². The van der Waals surface area contributed by atoms with Gasteiger partial charge in [-0.05, 0) is 31.2 Å². The van der Waals surface area contributed by atoms with Crippen LogP contribution in [0.15, 0.2) is 17.5 Å². The normalized spacial score (nSPS) is 19.4. The zero-order valence-electron chi connectivity index (χ0n) is 10.7. The van der Waals surface area contributed by atoms with E-state index in [1.54, 1.807) is 0 Å². The molecule has 1 unspecified atom stereocenters. The van der Waals surface area contributed by atoms with Crippen molar-refractivity contribution in [1.29, 1.82) is 0 Å². The van der Waals surface area contributed by atoms with E-state index >= 15 is 0 Å². The smallest absolute Gasteiger partial charge is 0.0594 e. The van der Waals surface area contributed by atoms with Crippen molar-refractivity contribution in [1.82, 2.24) is 5.32 Å². The summed E-state index contributed by atoms with van der Waals surface area (Å²) in [6, 6.07) is 4.74. The molecular weight excluding hydrogens is 230 g/mol. The SMILES string of the molecule is CC(NCCOC1CCCCC1)c1cccs1. The number of nitrogens with one attached hydrogen (secondary N) is 1. The maximum atomic E-state index is 5.89. The van der Waals surface area contributed by atoms with Crippen LogP contribution in [0.4, 0.5) is 0 Å². The van der Waals surface area contributed by atoms with Crippen molar-refractivity contribution in [2.75, 3.05) is 13.2 Å². The van der Waals surface area contributed by atoms with E-state index in [1.165, 1.54) is 37.0 Å². The van der Waals surface area contributed by atoms with Gasteiger partial charge in [0.05, 0.1) is 12.7 Å². The Labute approximate surface area is 108 Å². The van der Waals surface area contributed by atoms with Gasteiger partial charge in [0, 0.05) is 17.5 Å². The van der Waals surface area contributed by atoms with Gasteiger partial charge in [-0.3, -0.25) is 0 Å². The molecule has 0 aromatic carbocycles. The Morgan fingerprint density at radius 1 is 1.41 bits per heavy atom. The molecule has 1 saturated carbocycles. The molecule has 1 heterocycles. The Balaban J connectivity index is 1.56. The average Bonchev–Trinajstić information content (AvgIpc) is 2.89. The van der Waals surface area contributed by atoms with Crippen LogP contribution in [0, 0.1) is 0 Å². The number of ether oxygens (including phenoxy) is 1. The third-order valence-electron chi connectivity index (χ3n) is 3.43. The zero-order chi connectivity index (χ0) is 11.9. The standard InChI is InChI=1S/C14H23NOS/c1-12(14-8-5-11-17-14)15-9-10-16-13-6-3-2-4-7-13/h5,8,11-13,15H,2-4,6-7,9-10H2,1H3. The van der Waals surface area contributed by atoms with Crippen molar-refractivity contribution in [3.05, 3.63) is 22.4 Å². The fraction of sp³-hybridized carbons (Fsp3) is 0.714. The molecule has 0 bridgehead atoms. The van der Waals surface area contributed by atoms with Crippen molar-refractivity contribution in [3.63, 3.8) is 0 Å². The predicted octanol–water partition coefficient (Wildman–Crippen LogP) is 3.75. The van der Waals surface area contributed by atoms with Gasteiger partial charge < -0.3 is 10.1 Å². The molecule has 2 rings (SSSR count). The summed E-state index contributed by atoms with van der Waals surface area (Å²) in [5.41, 5.74) is 0. The molecular formula is C14H23NOS. The van der Waals surface area contributed by atoms with Crippen LogP contribution >= 0.6 is 11.3 Å². The second kappa shape index (κ2) is 7.14. The summed E-state index contributed by atoms with van der Waals surface area (Å²) in [6.45, 7) is 4.02. The molecule has 1 fully saturated rings. The third kappa shape index (κ3) is 4.41. The first-order valence-electron chi connectivity index (χ1n) is 6.74. The van der Waals surface area contributed by atoms with E-state index in [4.69, 9.17) is 4.74 Å². The lowest BCUT2D eigenvalue weighted by molar-refractivity contribution is 0.0296. The van der Waals surface area contributed by atoms with Crippen LogP contribution in [0.25, 0.3) is 0 Å². The van der Waals surface area contributed by atoms with Gasteiger partial charge in [0.15, 0.2) is 0 Å². The van der Waals surface area contributed by atoms with Gasteiger partial charge in [-0.1, -0.05) is 25.3 Å². The van der Waals surface area contributed by atoms with Crippen LogP contribution in [0.1, 0.15) is 49.9 Å².